The largest absolute Gasteiger partial charge is 0.418 e. The van der Waals surface area contributed by atoms with Gasteiger partial charge in [0.05, 0.1) is 23.8 Å². The fourth-order valence-corrected chi connectivity index (χ4v) is 3.80. The van der Waals surface area contributed by atoms with E-state index in [1.807, 2.05) is 30.3 Å². The molecule has 3 rings (SSSR count). The zero-order valence-electron chi connectivity index (χ0n) is 18.1. The molecule has 2 aromatic rings. The fraction of sp³-hybridized carbons (Fsp3) is 0.391. The second-order valence-corrected chi connectivity index (χ2v) is 7.82. The van der Waals surface area contributed by atoms with Crippen molar-refractivity contribution in [3.05, 3.63) is 60.2 Å². The highest BCUT2D eigenvalue weighted by molar-refractivity contribution is 5.95. The molecule has 32 heavy (non-hydrogen) atoms. The molecule has 1 aliphatic heterocycles. The minimum Gasteiger partial charge on any atom is -0.369 e. The van der Waals surface area contributed by atoms with Gasteiger partial charge in [0, 0.05) is 38.9 Å². The summed E-state index contributed by atoms with van der Waals surface area (Å²) in [5.41, 5.74) is -0.109. The number of rotatable bonds is 6. The number of benzene rings is 2. The molecule has 9 heteroatoms. The van der Waals surface area contributed by atoms with E-state index in [0.29, 0.717) is 13.1 Å². The molecule has 0 bridgehead atoms. The van der Waals surface area contributed by atoms with E-state index in [-0.39, 0.29) is 18.1 Å². The van der Waals surface area contributed by atoms with Crippen LogP contribution in [-0.2, 0) is 15.8 Å². The summed E-state index contributed by atoms with van der Waals surface area (Å²) in [6.45, 7) is 4.40. The van der Waals surface area contributed by atoms with Crippen LogP contribution in [0.5, 0.6) is 0 Å². The molecular weight excluding hydrogens is 421 g/mol. The molecule has 6 nitrogen and oxygen atoms in total. The van der Waals surface area contributed by atoms with Crippen LogP contribution in [0.2, 0.25) is 0 Å². The fourth-order valence-electron chi connectivity index (χ4n) is 3.80. The summed E-state index contributed by atoms with van der Waals surface area (Å²) in [7, 11) is 1.48. The van der Waals surface area contributed by atoms with Gasteiger partial charge in [-0.25, -0.2) is 0 Å². The van der Waals surface area contributed by atoms with Crippen molar-refractivity contribution in [3.8, 4) is 0 Å². The number of carbonyl (C=O) groups excluding carboxylic acids is 2. The number of para-hydroxylation sites is 2. The van der Waals surface area contributed by atoms with Crippen LogP contribution in [0.15, 0.2) is 54.6 Å². The lowest BCUT2D eigenvalue weighted by molar-refractivity contribution is -0.138. The van der Waals surface area contributed by atoms with E-state index in [0.717, 1.165) is 24.8 Å². The van der Waals surface area contributed by atoms with Gasteiger partial charge < -0.3 is 15.1 Å². The predicted octanol–water partition coefficient (Wildman–Crippen LogP) is 3.31. The van der Waals surface area contributed by atoms with Gasteiger partial charge in [-0.15, -0.1) is 0 Å². The predicted molar refractivity (Wildman–Crippen MR) is 117 cm³/mol. The van der Waals surface area contributed by atoms with E-state index in [1.54, 1.807) is 6.92 Å². The SMILES string of the molecule is C[C@H](C(=O)N(C)CC(=O)Nc1ccccc1C(F)(F)F)N1CCN(c2ccccc2)CC1. The van der Waals surface area contributed by atoms with Crippen LogP contribution >= 0.6 is 0 Å². The second-order valence-electron chi connectivity index (χ2n) is 7.82. The molecule has 0 radical (unpaired) electrons. The zero-order valence-corrected chi connectivity index (χ0v) is 18.1. The standard InChI is InChI=1S/C23H27F3N4O2/c1-17(29-12-14-30(15-13-29)18-8-4-3-5-9-18)22(32)28(2)16-21(31)27-20-11-7-6-10-19(20)23(24,25)26/h3-11,17H,12-16H2,1-2H3,(H,27,31)/t17-/m1/s1. The Morgan fingerprint density at radius 1 is 1.00 bits per heavy atom. The monoisotopic (exact) mass is 448 g/mol. The molecule has 1 aliphatic rings. The van der Waals surface area contributed by atoms with Crippen molar-refractivity contribution in [1.82, 2.24) is 9.80 Å². The van der Waals surface area contributed by atoms with Crippen molar-refractivity contribution in [2.45, 2.75) is 19.1 Å². The van der Waals surface area contributed by atoms with Gasteiger partial charge in [0.25, 0.3) is 0 Å². The van der Waals surface area contributed by atoms with Crippen LogP contribution in [0.1, 0.15) is 12.5 Å². The topological polar surface area (TPSA) is 55.9 Å². The Balaban J connectivity index is 1.53. The molecule has 2 amide bonds. The van der Waals surface area contributed by atoms with Gasteiger partial charge in [-0.1, -0.05) is 30.3 Å². The van der Waals surface area contributed by atoms with Gasteiger partial charge in [0.15, 0.2) is 0 Å². The maximum Gasteiger partial charge on any atom is 0.418 e. The molecule has 0 unspecified atom stereocenters. The molecule has 1 atom stereocenters. The number of likely N-dealkylation sites (N-methyl/N-ethyl adjacent to an activating group) is 1. The summed E-state index contributed by atoms with van der Waals surface area (Å²) in [4.78, 5) is 30.7. The third-order valence-electron chi connectivity index (χ3n) is 5.60. The third kappa shape index (κ3) is 5.79. The van der Waals surface area contributed by atoms with E-state index >= 15 is 0 Å². The number of hydrogen-bond donors (Lipinski definition) is 1. The minimum atomic E-state index is -4.58. The van der Waals surface area contributed by atoms with E-state index in [2.05, 4.69) is 15.1 Å². The van der Waals surface area contributed by atoms with Crippen LogP contribution < -0.4 is 10.2 Å². The molecule has 0 saturated carbocycles. The molecule has 0 aliphatic carbocycles. The number of alkyl halides is 3. The smallest absolute Gasteiger partial charge is 0.369 e. The van der Waals surface area contributed by atoms with Crippen LogP contribution in [-0.4, -0.2) is 67.4 Å². The average Bonchev–Trinajstić information content (AvgIpc) is 2.78. The van der Waals surface area contributed by atoms with Crippen molar-refractivity contribution in [2.75, 3.05) is 50.0 Å². The lowest BCUT2D eigenvalue weighted by Gasteiger charge is -2.39. The molecule has 0 spiro atoms. The van der Waals surface area contributed by atoms with Crippen LogP contribution in [0.25, 0.3) is 0 Å². The molecule has 1 N–H and O–H groups in total. The molecule has 172 valence electrons. The Labute approximate surface area is 185 Å². The van der Waals surface area contributed by atoms with E-state index in [4.69, 9.17) is 0 Å². The van der Waals surface area contributed by atoms with Gasteiger partial charge in [0.2, 0.25) is 11.8 Å². The number of anilines is 2. The zero-order chi connectivity index (χ0) is 23.3. The summed E-state index contributed by atoms with van der Waals surface area (Å²) < 4.78 is 39.3. The van der Waals surface area contributed by atoms with Gasteiger partial charge in [-0.2, -0.15) is 13.2 Å². The first kappa shape index (κ1) is 23.6. The Morgan fingerprint density at radius 2 is 1.59 bits per heavy atom. The number of nitrogens with one attached hydrogen (secondary N) is 1. The Hall–Kier alpha value is -3.07. The van der Waals surface area contributed by atoms with Gasteiger partial charge >= 0.3 is 6.18 Å². The van der Waals surface area contributed by atoms with Gasteiger partial charge in [-0.05, 0) is 31.2 Å². The quantitative estimate of drug-likeness (QED) is 0.737. The molecule has 2 aromatic carbocycles. The summed E-state index contributed by atoms with van der Waals surface area (Å²) >= 11 is 0. The first-order chi connectivity index (χ1) is 15.2. The van der Waals surface area contributed by atoms with E-state index in [1.165, 1.54) is 30.1 Å². The van der Waals surface area contributed by atoms with Crippen molar-refractivity contribution in [3.63, 3.8) is 0 Å². The highest BCUT2D eigenvalue weighted by atomic mass is 19.4. The van der Waals surface area contributed by atoms with Crippen molar-refractivity contribution in [2.24, 2.45) is 0 Å². The van der Waals surface area contributed by atoms with Crippen molar-refractivity contribution in [1.29, 1.82) is 0 Å². The summed E-state index contributed by atoms with van der Waals surface area (Å²) in [6, 6.07) is 14.4. The summed E-state index contributed by atoms with van der Waals surface area (Å²) in [5.74, 6) is -0.934. The Bertz CT molecular complexity index is 928. The van der Waals surface area contributed by atoms with E-state index in [9.17, 15) is 22.8 Å². The molecule has 1 saturated heterocycles. The molecular formula is C23H27F3N4O2. The average molecular weight is 448 g/mol. The van der Waals surface area contributed by atoms with E-state index < -0.39 is 23.7 Å². The number of carbonyl (C=O) groups is 2. The summed E-state index contributed by atoms with van der Waals surface area (Å²) in [5, 5.41) is 2.27. The number of piperazine rings is 1. The first-order valence-electron chi connectivity index (χ1n) is 10.4. The number of nitrogens with zero attached hydrogens (tertiary/aromatic N) is 3. The highest BCUT2D eigenvalue weighted by Crippen LogP contribution is 2.34. The maximum atomic E-state index is 13.1. The third-order valence-corrected chi connectivity index (χ3v) is 5.60. The second kappa shape index (κ2) is 10.0. The lowest BCUT2D eigenvalue weighted by atomic mass is 10.1. The Kier molecular flexibility index (Phi) is 7.40. The van der Waals surface area contributed by atoms with Gasteiger partial charge in [0.1, 0.15) is 0 Å². The van der Waals surface area contributed by atoms with Crippen LogP contribution in [0.3, 0.4) is 0 Å². The first-order valence-corrected chi connectivity index (χ1v) is 10.4. The molecule has 1 fully saturated rings. The number of amides is 2. The van der Waals surface area contributed by atoms with Gasteiger partial charge in [-0.3, -0.25) is 14.5 Å². The maximum absolute atomic E-state index is 13.1. The van der Waals surface area contributed by atoms with Crippen LogP contribution in [0.4, 0.5) is 24.5 Å². The van der Waals surface area contributed by atoms with Crippen molar-refractivity contribution < 1.29 is 22.8 Å². The van der Waals surface area contributed by atoms with Crippen molar-refractivity contribution >= 4 is 23.2 Å². The number of halogens is 3. The minimum absolute atomic E-state index is 0.252. The normalized spacial score (nSPS) is 15.8. The highest BCUT2D eigenvalue weighted by Gasteiger charge is 2.34. The number of hydrogen-bond acceptors (Lipinski definition) is 4. The van der Waals surface area contributed by atoms with Crippen LogP contribution in [0, 0.1) is 0 Å². The lowest BCUT2D eigenvalue weighted by Crippen LogP contribution is -2.54. The molecule has 0 aromatic heterocycles. The Morgan fingerprint density at radius 3 is 2.22 bits per heavy atom. The summed E-state index contributed by atoms with van der Waals surface area (Å²) in [6.07, 6.45) is -4.58. The molecule has 1 heterocycles.